The van der Waals surface area contributed by atoms with Crippen molar-refractivity contribution in [1.29, 1.82) is 0 Å². The topological polar surface area (TPSA) is 66.5 Å². The molecule has 3 atom stereocenters. The lowest BCUT2D eigenvalue weighted by Crippen LogP contribution is -2.58. The van der Waals surface area contributed by atoms with E-state index in [1.807, 2.05) is 31.2 Å². The van der Waals surface area contributed by atoms with Gasteiger partial charge in [0, 0.05) is 18.3 Å². The molecule has 27 heavy (non-hydrogen) atoms. The number of carbonyl (C=O) groups excluding carboxylic acids is 1. The van der Waals surface area contributed by atoms with Gasteiger partial charge in [-0.2, -0.15) is 4.31 Å². The molecule has 2 heterocycles. The number of hydrogen-bond donors (Lipinski definition) is 1. The molecule has 3 unspecified atom stereocenters. The highest BCUT2D eigenvalue weighted by molar-refractivity contribution is 7.89. The first-order chi connectivity index (χ1) is 12.8. The Hall–Kier alpha value is -1.40. The zero-order chi connectivity index (χ0) is 19.6. The lowest BCUT2D eigenvalue weighted by Gasteiger charge is -2.48. The third-order valence-electron chi connectivity index (χ3n) is 6.03. The zero-order valence-electron chi connectivity index (χ0n) is 16.6. The van der Waals surface area contributed by atoms with Crippen molar-refractivity contribution in [1.82, 2.24) is 4.31 Å². The molecule has 1 amide bonds. The van der Waals surface area contributed by atoms with Gasteiger partial charge >= 0.3 is 0 Å². The molecule has 1 N–H and O–H groups in total. The fourth-order valence-corrected chi connectivity index (χ4v) is 6.36. The number of rotatable bonds is 7. The maximum absolute atomic E-state index is 12.9. The van der Waals surface area contributed by atoms with Crippen LogP contribution in [0.5, 0.6) is 0 Å². The van der Waals surface area contributed by atoms with Crippen molar-refractivity contribution in [2.75, 3.05) is 17.6 Å². The Morgan fingerprint density at radius 2 is 1.93 bits per heavy atom. The molecule has 2 bridgehead atoms. The maximum Gasteiger partial charge on any atom is 0.229 e. The minimum atomic E-state index is -3.28. The van der Waals surface area contributed by atoms with Crippen molar-refractivity contribution < 1.29 is 13.2 Å². The minimum absolute atomic E-state index is 0.0441. The average Bonchev–Trinajstić information content (AvgIpc) is 2.67. The van der Waals surface area contributed by atoms with Crippen LogP contribution in [-0.2, 0) is 14.8 Å². The lowest BCUT2D eigenvalue weighted by atomic mass is 9.73. The second kappa shape index (κ2) is 8.31. The van der Waals surface area contributed by atoms with E-state index >= 15 is 0 Å². The molecule has 3 fully saturated rings. The first-order valence-corrected chi connectivity index (χ1v) is 11.8. The molecule has 1 saturated carbocycles. The third-order valence-corrected chi connectivity index (χ3v) is 7.96. The van der Waals surface area contributed by atoms with E-state index in [4.69, 9.17) is 0 Å². The number of fused-ring (bicyclic) bond motifs is 3. The Morgan fingerprint density at radius 3 is 2.52 bits per heavy atom. The summed E-state index contributed by atoms with van der Waals surface area (Å²) in [7, 11) is -3.28. The number of hydrogen-bond acceptors (Lipinski definition) is 3. The highest BCUT2D eigenvalue weighted by Crippen LogP contribution is 2.41. The van der Waals surface area contributed by atoms with Gasteiger partial charge in [-0.25, -0.2) is 8.42 Å². The van der Waals surface area contributed by atoms with Gasteiger partial charge < -0.3 is 5.32 Å². The van der Waals surface area contributed by atoms with Gasteiger partial charge in [0.1, 0.15) is 0 Å². The molecule has 6 heteroatoms. The van der Waals surface area contributed by atoms with E-state index in [1.54, 1.807) is 4.31 Å². The Labute approximate surface area is 163 Å². The second-order valence-corrected chi connectivity index (χ2v) is 10.4. The van der Waals surface area contributed by atoms with Crippen molar-refractivity contribution in [3.05, 3.63) is 29.8 Å². The normalized spacial score (nSPS) is 25.7. The summed E-state index contributed by atoms with van der Waals surface area (Å²) in [6.45, 7) is 6.86. The predicted molar refractivity (Wildman–Crippen MR) is 109 cm³/mol. The fraction of sp³-hybridized carbons (Fsp3) is 0.667. The number of unbranched alkanes of at least 4 members (excludes halogenated alkanes) is 1. The molecule has 1 aromatic rings. The van der Waals surface area contributed by atoms with Crippen LogP contribution >= 0.6 is 0 Å². The van der Waals surface area contributed by atoms with Gasteiger partial charge in [-0.15, -0.1) is 0 Å². The summed E-state index contributed by atoms with van der Waals surface area (Å²) in [4.78, 5) is 12.9. The van der Waals surface area contributed by atoms with E-state index in [0.717, 1.165) is 31.4 Å². The van der Waals surface area contributed by atoms with Gasteiger partial charge in [0.25, 0.3) is 0 Å². The van der Waals surface area contributed by atoms with Gasteiger partial charge in [-0.05, 0) is 55.2 Å². The molecular weight excluding hydrogens is 360 g/mol. The van der Waals surface area contributed by atoms with Crippen molar-refractivity contribution in [3.63, 3.8) is 0 Å². The Morgan fingerprint density at radius 1 is 1.22 bits per heavy atom. The highest BCUT2D eigenvalue weighted by Gasteiger charge is 2.47. The van der Waals surface area contributed by atoms with E-state index in [1.165, 1.54) is 5.56 Å². The van der Waals surface area contributed by atoms with Crippen LogP contribution in [0.15, 0.2) is 24.3 Å². The molecule has 2 saturated heterocycles. The van der Waals surface area contributed by atoms with E-state index in [0.29, 0.717) is 24.8 Å². The van der Waals surface area contributed by atoms with E-state index in [2.05, 4.69) is 19.2 Å². The largest absolute Gasteiger partial charge is 0.326 e. The molecule has 150 valence electrons. The van der Waals surface area contributed by atoms with Crippen LogP contribution in [0.4, 0.5) is 5.69 Å². The highest BCUT2D eigenvalue weighted by atomic mass is 32.2. The summed E-state index contributed by atoms with van der Waals surface area (Å²) in [6.07, 6.45) is 4.14. The fourth-order valence-electron chi connectivity index (χ4n) is 4.37. The lowest BCUT2D eigenvalue weighted by molar-refractivity contribution is -0.125. The Bertz CT molecular complexity index is 758. The van der Waals surface area contributed by atoms with Crippen LogP contribution in [0.2, 0.25) is 0 Å². The smallest absolute Gasteiger partial charge is 0.229 e. The number of nitrogens with zero attached hydrogens (tertiary/aromatic N) is 1. The molecule has 1 aliphatic carbocycles. The van der Waals surface area contributed by atoms with Crippen LogP contribution < -0.4 is 5.32 Å². The van der Waals surface area contributed by atoms with Crippen molar-refractivity contribution >= 4 is 21.6 Å². The van der Waals surface area contributed by atoms with E-state index in [9.17, 15) is 13.2 Å². The molecular formula is C21H32N2O3S. The van der Waals surface area contributed by atoms with Crippen LogP contribution in [0.1, 0.15) is 64.4 Å². The average molecular weight is 393 g/mol. The molecule has 2 aliphatic heterocycles. The number of anilines is 1. The van der Waals surface area contributed by atoms with Gasteiger partial charge in [0.2, 0.25) is 15.9 Å². The minimum Gasteiger partial charge on any atom is -0.326 e. The molecule has 3 aliphatic rings. The standard InChI is InChI=1S/C21H32N2O3S/c1-4-5-12-27(25,26)23-14-16-6-11-20(23)19(13-16)21(24)22-18-9-7-17(8-10-18)15(2)3/h7-10,15-16,19-20H,4-6,11-14H2,1-3H3,(H,22,24). The van der Waals surface area contributed by atoms with Crippen LogP contribution in [0, 0.1) is 11.8 Å². The molecule has 0 spiro atoms. The number of carbonyl (C=O) groups is 1. The van der Waals surface area contributed by atoms with Crippen LogP contribution in [0.25, 0.3) is 0 Å². The van der Waals surface area contributed by atoms with Crippen LogP contribution in [-0.4, -0.2) is 37.0 Å². The summed E-state index contributed by atoms with van der Waals surface area (Å²) in [5, 5.41) is 3.02. The number of amides is 1. The van der Waals surface area contributed by atoms with Gasteiger partial charge in [-0.1, -0.05) is 39.3 Å². The monoisotopic (exact) mass is 392 g/mol. The number of benzene rings is 1. The summed E-state index contributed by atoms with van der Waals surface area (Å²) in [5.74, 6) is 0.643. The Balaban J connectivity index is 1.71. The quantitative estimate of drug-likeness (QED) is 0.763. The molecule has 5 nitrogen and oxygen atoms in total. The van der Waals surface area contributed by atoms with Gasteiger partial charge in [0.15, 0.2) is 0 Å². The molecule has 1 aromatic carbocycles. The number of sulfonamides is 1. The van der Waals surface area contributed by atoms with Crippen molar-refractivity contribution in [2.24, 2.45) is 11.8 Å². The molecule has 0 aromatic heterocycles. The van der Waals surface area contributed by atoms with Crippen molar-refractivity contribution in [2.45, 2.75) is 64.8 Å². The Kier molecular flexibility index (Phi) is 6.26. The molecule has 0 radical (unpaired) electrons. The first-order valence-electron chi connectivity index (χ1n) is 10.2. The third kappa shape index (κ3) is 4.54. The van der Waals surface area contributed by atoms with Crippen LogP contribution in [0.3, 0.4) is 0 Å². The summed E-state index contributed by atoms with van der Waals surface area (Å²) in [5.41, 5.74) is 2.02. The van der Waals surface area contributed by atoms with E-state index < -0.39 is 10.0 Å². The maximum atomic E-state index is 12.9. The van der Waals surface area contributed by atoms with Crippen molar-refractivity contribution in [3.8, 4) is 0 Å². The SMILES string of the molecule is CCCCS(=O)(=O)N1CC2CCC1C(C(=O)Nc1ccc(C(C)C)cc1)C2. The summed E-state index contributed by atoms with van der Waals surface area (Å²) in [6, 6.07) is 7.75. The summed E-state index contributed by atoms with van der Waals surface area (Å²) >= 11 is 0. The molecule has 4 rings (SSSR count). The van der Waals surface area contributed by atoms with Gasteiger partial charge in [-0.3, -0.25) is 4.79 Å². The van der Waals surface area contributed by atoms with Gasteiger partial charge in [0.05, 0.1) is 11.7 Å². The zero-order valence-corrected chi connectivity index (χ0v) is 17.5. The number of nitrogens with one attached hydrogen (secondary N) is 1. The first kappa shape index (κ1) is 20.3. The number of piperidine rings is 2. The summed E-state index contributed by atoms with van der Waals surface area (Å²) < 4.78 is 27.2. The van der Waals surface area contributed by atoms with E-state index in [-0.39, 0.29) is 23.6 Å². The predicted octanol–water partition coefficient (Wildman–Crippen LogP) is 3.98. The second-order valence-electron chi connectivity index (χ2n) is 8.36.